The Balaban J connectivity index is 2.08. The third-order valence-electron chi connectivity index (χ3n) is 4.39. The quantitative estimate of drug-likeness (QED) is 0.675. The molecule has 0 aliphatic carbocycles. The second-order valence-electron chi connectivity index (χ2n) is 6.11. The van der Waals surface area contributed by atoms with Gasteiger partial charge in [0.05, 0.1) is 18.2 Å². The molecule has 4 nitrogen and oxygen atoms in total. The minimum atomic E-state index is -4.64. The summed E-state index contributed by atoms with van der Waals surface area (Å²) < 4.78 is 42.4. The Bertz CT molecular complexity index is 875. The summed E-state index contributed by atoms with van der Waals surface area (Å²) in [6.45, 7) is 0.471. The number of urea groups is 1. The molecule has 0 spiro atoms. The minimum Gasteiger partial charge on any atom is -0.291 e. The maximum Gasteiger partial charge on any atom is 0.413 e. The van der Waals surface area contributed by atoms with Crippen molar-refractivity contribution in [1.82, 2.24) is 0 Å². The first-order valence-corrected chi connectivity index (χ1v) is 8.41. The van der Waals surface area contributed by atoms with E-state index >= 15 is 0 Å². The zero-order valence-electron chi connectivity index (χ0n) is 13.6. The van der Waals surface area contributed by atoms with E-state index in [-0.39, 0.29) is 5.69 Å². The zero-order chi connectivity index (χ0) is 19.1. The van der Waals surface area contributed by atoms with Crippen LogP contribution < -0.4 is 9.80 Å². The molecule has 2 aromatic rings. The molecule has 8 heteroatoms. The van der Waals surface area contributed by atoms with Crippen LogP contribution in [-0.4, -0.2) is 24.3 Å². The molecule has 0 saturated carbocycles. The number of hydrogen-bond acceptors (Lipinski definition) is 2. The first-order valence-electron chi connectivity index (χ1n) is 7.61. The molecule has 3 rings (SSSR count). The summed E-state index contributed by atoms with van der Waals surface area (Å²) in [6.07, 6.45) is -4.64. The molecule has 1 saturated heterocycles. The molecule has 0 N–H and O–H groups in total. The van der Waals surface area contributed by atoms with Crippen molar-refractivity contribution in [2.75, 3.05) is 16.3 Å². The highest BCUT2D eigenvalue weighted by molar-refractivity contribution is 9.10. The highest BCUT2D eigenvalue weighted by Gasteiger charge is 2.63. The Morgan fingerprint density at radius 3 is 2.12 bits per heavy atom. The summed E-state index contributed by atoms with van der Waals surface area (Å²) in [5, 5.41) is 8.87. The first-order chi connectivity index (χ1) is 12.2. The number of nitrogens with zero attached hydrogens (tertiary/aromatic N) is 3. The SMILES string of the molecule is C[C@@]1(C(F)(F)F)CN(c2ccc(Br)cc2)C(=O)N1c1ccc(C#N)cc1. The van der Waals surface area contributed by atoms with Gasteiger partial charge in [0.2, 0.25) is 0 Å². The third-order valence-corrected chi connectivity index (χ3v) is 4.91. The topological polar surface area (TPSA) is 47.3 Å². The largest absolute Gasteiger partial charge is 0.413 e. The smallest absolute Gasteiger partial charge is 0.291 e. The van der Waals surface area contributed by atoms with Crippen LogP contribution in [0.4, 0.5) is 29.3 Å². The molecule has 0 aromatic heterocycles. The van der Waals surface area contributed by atoms with Crippen LogP contribution in [0.25, 0.3) is 0 Å². The van der Waals surface area contributed by atoms with Crippen molar-refractivity contribution in [3.8, 4) is 6.07 Å². The number of benzene rings is 2. The van der Waals surface area contributed by atoms with Gasteiger partial charge in [0.1, 0.15) is 0 Å². The molecule has 1 fully saturated rings. The molecule has 1 aliphatic heterocycles. The molecule has 1 heterocycles. The van der Waals surface area contributed by atoms with Gasteiger partial charge in [-0.1, -0.05) is 15.9 Å². The van der Waals surface area contributed by atoms with Crippen LogP contribution in [-0.2, 0) is 0 Å². The Hall–Kier alpha value is -2.53. The van der Waals surface area contributed by atoms with Gasteiger partial charge in [-0.2, -0.15) is 18.4 Å². The van der Waals surface area contributed by atoms with E-state index in [0.29, 0.717) is 11.3 Å². The molecule has 2 amide bonds. The average Bonchev–Trinajstić information content (AvgIpc) is 2.88. The Kier molecular flexibility index (Phi) is 4.44. The molecule has 134 valence electrons. The molecule has 2 aromatic carbocycles. The van der Waals surface area contributed by atoms with Gasteiger partial charge in [-0.25, -0.2) is 4.79 Å². The van der Waals surface area contributed by atoms with Gasteiger partial charge in [0.15, 0.2) is 5.54 Å². The number of halogens is 4. The van der Waals surface area contributed by atoms with Gasteiger partial charge in [0.25, 0.3) is 0 Å². The van der Waals surface area contributed by atoms with Crippen LogP contribution in [0.5, 0.6) is 0 Å². The predicted octanol–water partition coefficient (Wildman–Crippen LogP) is 5.09. The van der Waals surface area contributed by atoms with E-state index in [4.69, 9.17) is 5.26 Å². The summed E-state index contributed by atoms with van der Waals surface area (Å²) in [4.78, 5) is 14.7. The number of nitriles is 1. The molecule has 0 radical (unpaired) electrons. The van der Waals surface area contributed by atoms with E-state index < -0.39 is 24.3 Å². The van der Waals surface area contributed by atoms with Gasteiger partial charge < -0.3 is 0 Å². The van der Waals surface area contributed by atoms with Crippen molar-refractivity contribution >= 4 is 33.3 Å². The maximum absolute atomic E-state index is 13.9. The lowest BCUT2D eigenvalue weighted by atomic mass is 10.00. The van der Waals surface area contributed by atoms with Gasteiger partial charge in [-0.05, 0) is 55.5 Å². The molecular weight excluding hydrogens is 411 g/mol. The second kappa shape index (κ2) is 6.32. The fraction of sp³-hybridized carbons (Fsp3) is 0.222. The van der Waals surface area contributed by atoms with Crippen LogP contribution in [0, 0.1) is 11.3 Å². The summed E-state index contributed by atoms with van der Waals surface area (Å²) in [5.74, 6) is 0. The number of anilines is 2. The molecule has 0 unspecified atom stereocenters. The molecule has 26 heavy (non-hydrogen) atoms. The maximum atomic E-state index is 13.9. The van der Waals surface area contributed by atoms with Gasteiger partial charge >= 0.3 is 12.2 Å². The van der Waals surface area contributed by atoms with E-state index in [0.717, 1.165) is 21.2 Å². The van der Waals surface area contributed by atoms with Crippen molar-refractivity contribution in [2.45, 2.75) is 18.6 Å². The van der Waals surface area contributed by atoms with Crippen molar-refractivity contribution in [1.29, 1.82) is 5.26 Å². The van der Waals surface area contributed by atoms with E-state index in [9.17, 15) is 18.0 Å². The highest BCUT2D eigenvalue weighted by atomic mass is 79.9. The van der Waals surface area contributed by atoms with Crippen LogP contribution in [0.2, 0.25) is 0 Å². The fourth-order valence-electron chi connectivity index (χ4n) is 2.90. The number of hydrogen-bond donors (Lipinski definition) is 0. The standard InChI is InChI=1S/C18H13BrF3N3O/c1-17(18(20,21)22)11-24(14-8-4-13(19)5-9-14)16(26)25(17)15-6-2-12(10-23)3-7-15/h2-9H,11H2,1H3/t17-/m0/s1. The summed E-state index contributed by atoms with van der Waals surface area (Å²) >= 11 is 3.27. The number of rotatable bonds is 2. The van der Waals surface area contributed by atoms with Crippen molar-refractivity contribution < 1.29 is 18.0 Å². The van der Waals surface area contributed by atoms with E-state index in [1.165, 1.54) is 24.3 Å². The van der Waals surface area contributed by atoms with Crippen molar-refractivity contribution in [3.63, 3.8) is 0 Å². The summed E-state index contributed by atoms with van der Waals surface area (Å²) in [6, 6.07) is 13.1. The average molecular weight is 424 g/mol. The van der Waals surface area contributed by atoms with Crippen LogP contribution in [0.1, 0.15) is 12.5 Å². The lowest BCUT2D eigenvalue weighted by Crippen LogP contribution is -2.56. The molecule has 1 aliphatic rings. The zero-order valence-corrected chi connectivity index (χ0v) is 15.2. The second-order valence-corrected chi connectivity index (χ2v) is 7.03. The lowest BCUT2D eigenvalue weighted by molar-refractivity contribution is -0.173. The molecule has 1 atom stereocenters. The third kappa shape index (κ3) is 2.92. The minimum absolute atomic E-state index is 0.0911. The first kappa shape index (κ1) is 18.3. The Labute approximate surface area is 156 Å². The van der Waals surface area contributed by atoms with Crippen LogP contribution >= 0.6 is 15.9 Å². The number of carbonyl (C=O) groups excluding carboxylic acids is 1. The van der Waals surface area contributed by atoms with Gasteiger partial charge in [0, 0.05) is 15.8 Å². The number of amides is 2. The van der Waals surface area contributed by atoms with Gasteiger partial charge in [-0.3, -0.25) is 9.80 Å². The van der Waals surface area contributed by atoms with E-state index in [2.05, 4.69) is 15.9 Å². The molecule has 0 bridgehead atoms. The van der Waals surface area contributed by atoms with Crippen molar-refractivity contribution in [3.05, 3.63) is 58.6 Å². The number of carbonyl (C=O) groups is 1. The van der Waals surface area contributed by atoms with Crippen molar-refractivity contribution in [2.24, 2.45) is 0 Å². The normalized spacial score (nSPS) is 20.4. The fourth-order valence-corrected chi connectivity index (χ4v) is 3.16. The highest BCUT2D eigenvalue weighted by Crippen LogP contribution is 2.44. The molecular formula is C18H13BrF3N3O. The lowest BCUT2D eigenvalue weighted by Gasteiger charge is -2.35. The summed E-state index contributed by atoms with van der Waals surface area (Å²) in [5.41, 5.74) is -1.62. The number of alkyl halides is 3. The van der Waals surface area contributed by atoms with E-state index in [1.807, 2.05) is 6.07 Å². The Morgan fingerprint density at radius 2 is 1.62 bits per heavy atom. The van der Waals surface area contributed by atoms with Crippen LogP contribution in [0.3, 0.4) is 0 Å². The summed E-state index contributed by atoms with van der Waals surface area (Å²) in [7, 11) is 0. The monoisotopic (exact) mass is 423 g/mol. The van der Waals surface area contributed by atoms with E-state index in [1.54, 1.807) is 24.3 Å². The van der Waals surface area contributed by atoms with Crippen LogP contribution in [0.15, 0.2) is 53.0 Å². The van der Waals surface area contributed by atoms with Gasteiger partial charge in [-0.15, -0.1) is 0 Å². The Morgan fingerprint density at radius 1 is 1.08 bits per heavy atom. The predicted molar refractivity (Wildman–Crippen MR) is 95.0 cm³/mol.